The highest BCUT2D eigenvalue weighted by Gasteiger charge is 2.25. The molecule has 140 valence electrons. The molecule has 1 aliphatic rings. The number of hydrogen-bond acceptors (Lipinski definition) is 4. The number of nitrogens with zero attached hydrogens (tertiary/aromatic N) is 4. The third kappa shape index (κ3) is 3.60. The van der Waals surface area contributed by atoms with Gasteiger partial charge >= 0.3 is 0 Å². The van der Waals surface area contributed by atoms with Crippen molar-refractivity contribution in [1.29, 1.82) is 5.26 Å². The average molecular weight is 370 g/mol. The van der Waals surface area contributed by atoms with E-state index in [2.05, 4.69) is 37.1 Å². The fourth-order valence-corrected chi connectivity index (χ4v) is 3.52. The van der Waals surface area contributed by atoms with Gasteiger partial charge in [-0.05, 0) is 6.92 Å². The van der Waals surface area contributed by atoms with Gasteiger partial charge in [0.15, 0.2) is 11.6 Å². The number of rotatable bonds is 3. The molecule has 0 spiro atoms. The molecule has 2 heterocycles. The summed E-state index contributed by atoms with van der Waals surface area (Å²) in [5.74, 6) is 1.41. The Labute approximate surface area is 165 Å². The zero-order valence-electron chi connectivity index (χ0n) is 16.3. The van der Waals surface area contributed by atoms with Crippen molar-refractivity contribution >= 4 is 5.82 Å². The molecule has 0 saturated carbocycles. The number of nitriles is 1. The quantitative estimate of drug-likeness (QED) is 0.769. The predicted octanol–water partition coefficient (Wildman–Crippen LogP) is 2.33. The summed E-state index contributed by atoms with van der Waals surface area (Å²) in [6.07, 6.45) is 0. The van der Waals surface area contributed by atoms with E-state index in [1.165, 1.54) is 10.5 Å². The Balaban J connectivity index is 1.90. The fraction of sp³-hybridized carbons (Fsp3) is 0.261. The molecule has 0 aliphatic carbocycles. The zero-order chi connectivity index (χ0) is 19.5. The number of nitrogens with one attached hydrogen (secondary N) is 1. The maximum atomic E-state index is 10.00. The van der Waals surface area contributed by atoms with E-state index < -0.39 is 0 Å². The number of quaternary nitrogens is 1. The second-order valence-electron chi connectivity index (χ2n) is 7.38. The van der Waals surface area contributed by atoms with Gasteiger partial charge in [-0.25, -0.2) is 9.97 Å². The molecule has 28 heavy (non-hydrogen) atoms. The highest BCUT2D eigenvalue weighted by molar-refractivity contribution is 5.76. The Hall–Kier alpha value is -3.23. The predicted molar refractivity (Wildman–Crippen MR) is 111 cm³/mol. The normalized spacial score (nSPS) is 14.7. The number of aromatic nitrogens is 2. The van der Waals surface area contributed by atoms with Gasteiger partial charge < -0.3 is 9.80 Å². The molecule has 5 nitrogen and oxygen atoms in total. The van der Waals surface area contributed by atoms with Crippen molar-refractivity contribution in [1.82, 2.24) is 9.97 Å². The van der Waals surface area contributed by atoms with Gasteiger partial charge in [-0.3, -0.25) is 0 Å². The van der Waals surface area contributed by atoms with Gasteiger partial charge in [0.05, 0.1) is 38.9 Å². The highest BCUT2D eigenvalue weighted by Crippen LogP contribution is 2.31. The Morgan fingerprint density at radius 3 is 2.25 bits per heavy atom. The molecule has 1 aliphatic heterocycles. The van der Waals surface area contributed by atoms with Crippen molar-refractivity contribution in [3.05, 3.63) is 65.7 Å². The molecule has 0 radical (unpaired) electrons. The first-order valence-electron chi connectivity index (χ1n) is 9.66. The van der Waals surface area contributed by atoms with Gasteiger partial charge in [0.1, 0.15) is 11.6 Å². The Bertz CT molecular complexity index is 998. The van der Waals surface area contributed by atoms with Crippen LogP contribution in [0, 0.1) is 18.3 Å². The van der Waals surface area contributed by atoms with Gasteiger partial charge in [0, 0.05) is 11.1 Å². The molecule has 4 rings (SSSR count). The summed E-state index contributed by atoms with van der Waals surface area (Å²) in [6, 6.07) is 20.6. The maximum Gasteiger partial charge on any atom is 0.162 e. The van der Waals surface area contributed by atoms with E-state index in [1.54, 1.807) is 0 Å². The number of benzene rings is 2. The van der Waals surface area contributed by atoms with E-state index in [1.807, 2.05) is 42.5 Å². The molecule has 2 aromatic carbocycles. The second kappa shape index (κ2) is 7.79. The summed E-state index contributed by atoms with van der Waals surface area (Å²) in [4.78, 5) is 13.4. The third-order valence-corrected chi connectivity index (χ3v) is 5.28. The molecule has 1 aromatic heterocycles. The van der Waals surface area contributed by atoms with Crippen LogP contribution in [0.25, 0.3) is 22.6 Å². The van der Waals surface area contributed by atoms with Crippen molar-refractivity contribution < 1.29 is 4.90 Å². The highest BCUT2D eigenvalue weighted by atomic mass is 15.3. The van der Waals surface area contributed by atoms with Crippen LogP contribution in [0.15, 0.2) is 54.6 Å². The number of aryl methyl sites for hydroxylation is 1. The first-order valence-corrected chi connectivity index (χ1v) is 9.66. The fourth-order valence-electron chi connectivity index (χ4n) is 3.52. The summed E-state index contributed by atoms with van der Waals surface area (Å²) >= 11 is 0. The minimum atomic E-state index is 0.558. The smallest absolute Gasteiger partial charge is 0.162 e. The van der Waals surface area contributed by atoms with Crippen LogP contribution < -0.4 is 9.80 Å². The molecule has 0 atom stereocenters. The van der Waals surface area contributed by atoms with Gasteiger partial charge in [-0.2, -0.15) is 5.26 Å². The first kappa shape index (κ1) is 18.1. The number of anilines is 1. The molecular formula is C23H24N5+. The second-order valence-corrected chi connectivity index (χ2v) is 7.38. The number of piperazine rings is 1. The van der Waals surface area contributed by atoms with Crippen LogP contribution in [0.3, 0.4) is 0 Å². The Kier molecular flexibility index (Phi) is 5.05. The third-order valence-electron chi connectivity index (χ3n) is 5.28. The summed E-state index contributed by atoms with van der Waals surface area (Å²) in [5.41, 5.74) is 4.35. The lowest BCUT2D eigenvalue weighted by atomic mass is 10.0. The van der Waals surface area contributed by atoms with Crippen LogP contribution in [-0.4, -0.2) is 43.2 Å². The summed E-state index contributed by atoms with van der Waals surface area (Å²) in [6.45, 7) is 5.91. The first-order chi connectivity index (χ1) is 13.7. The zero-order valence-corrected chi connectivity index (χ0v) is 16.3. The van der Waals surface area contributed by atoms with Crippen LogP contribution in [0.4, 0.5) is 5.82 Å². The average Bonchev–Trinajstić information content (AvgIpc) is 2.74. The molecule has 3 aromatic rings. The molecular weight excluding hydrogens is 346 g/mol. The van der Waals surface area contributed by atoms with Gasteiger partial charge in [-0.1, -0.05) is 60.2 Å². The summed E-state index contributed by atoms with van der Waals surface area (Å²) in [7, 11) is 2.20. The SMILES string of the molecule is Cc1ccc(-c2nc(-c3ccccc3)nc(N3CC[NH+](C)CC3)c2C#N)cc1. The van der Waals surface area contributed by atoms with Crippen LogP contribution in [0.1, 0.15) is 11.1 Å². The van der Waals surface area contributed by atoms with E-state index in [4.69, 9.17) is 9.97 Å². The molecule has 0 unspecified atom stereocenters. The number of hydrogen-bond donors (Lipinski definition) is 1. The van der Waals surface area contributed by atoms with Crippen LogP contribution in [0.2, 0.25) is 0 Å². The van der Waals surface area contributed by atoms with Crippen molar-refractivity contribution in [3.8, 4) is 28.7 Å². The van der Waals surface area contributed by atoms with Crippen LogP contribution >= 0.6 is 0 Å². The maximum absolute atomic E-state index is 10.00. The standard InChI is InChI=1S/C23H23N5/c1-17-8-10-18(11-9-17)21-20(16-24)23(28-14-12-27(2)13-15-28)26-22(25-21)19-6-4-3-5-7-19/h3-11H,12-15H2,1-2H3/p+1. The molecule has 1 N–H and O–H groups in total. The van der Waals surface area contributed by atoms with Crippen molar-refractivity contribution in [2.75, 3.05) is 38.1 Å². The molecule has 0 amide bonds. The summed E-state index contributed by atoms with van der Waals surface area (Å²) in [5, 5.41) is 10.00. The largest absolute Gasteiger partial charge is 0.344 e. The van der Waals surface area contributed by atoms with E-state index >= 15 is 0 Å². The van der Waals surface area contributed by atoms with Crippen molar-refractivity contribution in [3.63, 3.8) is 0 Å². The lowest BCUT2D eigenvalue weighted by molar-refractivity contribution is -0.880. The minimum absolute atomic E-state index is 0.558. The van der Waals surface area contributed by atoms with Crippen molar-refractivity contribution in [2.45, 2.75) is 6.92 Å². The molecule has 1 fully saturated rings. The van der Waals surface area contributed by atoms with E-state index in [9.17, 15) is 5.26 Å². The minimum Gasteiger partial charge on any atom is -0.344 e. The molecule has 0 bridgehead atoms. The molecule has 1 saturated heterocycles. The van der Waals surface area contributed by atoms with E-state index in [0.717, 1.165) is 43.1 Å². The van der Waals surface area contributed by atoms with Gasteiger partial charge in [-0.15, -0.1) is 0 Å². The summed E-state index contributed by atoms with van der Waals surface area (Å²) < 4.78 is 0. The Morgan fingerprint density at radius 1 is 0.929 bits per heavy atom. The topological polar surface area (TPSA) is 57.2 Å². The lowest BCUT2D eigenvalue weighted by Crippen LogP contribution is -3.12. The van der Waals surface area contributed by atoms with Crippen LogP contribution in [0.5, 0.6) is 0 Å². The van der Waals surface area contributed by atoms with Gasteiger partial charge in [0.25, 0.3) is 0 Å². The monoisotopic (exact) mass is 370 g/mol. The van der Waals surface area contributed by atoms with Gasteiger partial charge in [0.2, 0.25) is 0 Å². The Morgan fingerprint density at radius 2 is 1.61 bits per heavy atom. The van der Waals surface area contributed by atoms with E-state index in [0.29, 0.717) is 17.1 Å². The van der Waals surface area contributed by atoms with Crippen LogP contribution in [-0.2, 0) is 0 Å². The number of likely N-dealkylation sites (N-methyl/N-ethyl adjacent to an activating group) is 1. The van der Waals surface area contributed by atoms with E-state index in [-0.39, 0.29) is 0 Å². The lowest BCUT2D eigenvalue weighted by Gasteiger charge is -2.31. The van der Waals surface area contributed by atoms with Crippen molar-refractivity contribution in [2.24, 2.45) is 0 Å². The molecule has 5 heteroatoms.